The van der Waals surface area contributed by atoms with Crippen LogP contribution in [0.15, 0.2) is 53.1 Å². The van der Waals surface area contributed by atoms with E-state index < -0.39 is 0 Å². The molecule has 0 aliphatic rings. The molecule has 3 aromatic rings. The number of aromatic nitrogens is 2. The van der Waals surface area contributed by atoms with Crippen LogP contribution < -0.4 is 0 Å². The van der Waals surface area contributed by atoms with Gasteiger partial charge in [-0.15, -0.1) is 0 Å². The van der Waals surface area contributed by atoms with Crippen LogP contribution >= 0.6 is 22.6 Å². The zero-order valence-electron chi connectivity index (χ0n) is 9.75. The lowest BCUT2D eigenvalue weighted by Crippen LogP contribution is -1.81. The molecule has 0 unspecified atom stereocenters. The Morgan fingerprint density at radius 2 is 1.53 bits per heavy atom. The van der Waals surface area contributed by atoms with Crippen molar-refractivity contribution < 1.29 is 9.63 Å². The average molecular weight is 364 g/mol. The van der Waals surface area contributed by atoms with Gasteiger partial charge in [-0.05, 0) is 71.1 Å². The highest BCUT2D eigenvalue weighted by molar-refractivity contribution is 14.1. The molecule has 1 aromatic heterocycles. The van der Waals surface area contributed by atoms with Crippen molar-refractivity contribution in [3.8, 4) is 28.6 Å². The van der Waals surface area contributed by atoms with E-state index in [2.05, 4.69) is 32.7 Å². The van der Waals surface area contributed by atoms with Gasteiger partial charge >= 0.3 is 0 Å². The maximum atomic E-state index is 9.25. The molecule has 0 aliphatic heterocycles. The first-order valence-electron chi connectivity index (χ1n) is 5.61. The predicted octanol–water partition coefficient (Wildman–Crippen LogP) is 3.71. The van der Waals surface area contributed by atoms with Gasteiger partial charge in [0.15, 0.2) is 0 Å². The van der Waals surface area contributed by atoms with Gasteiger partial charge in [-0.2, -0.15) is 4.98 Å². The highest BCUT2D eigenvalue weighted by atomic mass is 127. The Labute approximate surface area is 123 Å². The lowest BCUT2D eigenvalue weighted by Gasteiger charge is -1.94. The van der Waals surface area contributed by atoms with Crippen LogP contribution in [-0.4, -0.2) is 15.2 Å². The zero-order chi connectivity index (χ0) is 13.2. The molecule has 0 saturated heterocycles. The largest absolute Gasteiger partial charge is 0.508 e. The van der Waals surface area contributed by atoms with Gasteiger partial charge in [-0.25, -0.2) is 0 Å². The number of aromatic hydroxyl groups is 1. The van der Waals surface area contributed by atoms with E-state index in [-0.39, 0.29) is 5.75 Å². The monoisotopic (exact) mass is 364 g/mol. The Balaban J connectivity index is 1.95. The summed E-state index contributed by atoms with van der Waals surface area (Å²) in [7, 11) is 0. The smallest absolute Gasteiger partial charge is 0.258 e. The quantitative estimate of drug-likeness (QED) is 0.705. The van der Waals surface area contributed by atoms with Gasteiger partial charge in [0.25, 0.3) is 5.89 Å². The van der Waals surface area contributed by atoms with Crippen molar-refractivity contribution in [2.75, 3.05) is 0 Å². The van der Waals surface area contributed by atoms with Gasteiger partial charge in [0, 0.05) is 14.7 Å². The van der Waals surface area contributed by atoms with E-state index >= 15 is 0 Å². The fourth-order valence-corrected chi connectivity index (χ4v) is 2.02. The summed E-state index contributed by atoms with van der Waals surface area (Å²) in [4.78, 5) is 4.35. The third kappa shape index (κ3) is 2.60. The van der Waals surface area contributed by atoms with Crippen LogP contribution in [0.25, 0.3) is 22.8 Å². The van der Waals surface area contributed by atoms with Crippen LogP contribution in [0.2, 0.25) is 0 Å². The van der Waals surface area contributed by atoms with Crippen molar-refractivity contribution in [1.82, 2.24) is 10.1 Å². The van der Waals surface area contributed by atoms with E-state index in [1.165, 1.54) is 0 Å². The normalized spacial score (nSPS) is 10.6. The molecule has 94 valence electrons. The van der Waals surface area contributed by atoms with E-state index in [0.717, 1.165) is 14.7 Å². The minimum absolute atomic E-state index is 0.213. The SMILES string of the molecule is Oc1ccc(-c2noc(-c3ccc(I)cc3)n2)cc1. The molecular weight excluding hydrogens is 355 g/mol. The van der Waals surface area contributed by atoms with Crippen molar-refractivity contribution in [3.05, 3.63) is 52.1 Å². The highest BCUT2D eigenvalue weighted by Crippen LogP contribution is 2.23. The minimum atomic E-state index is 0.213. The molecule has 0 atom stereocenters. The Bertz CT molecular complexity index is 630. The molecule has 1 N–H and O–H groups in total. The third-order valence-corrected chi connectivity index (χ3v) is 3.36. The number of nitrogens with zero attached hydrogens (tertiary/aromatic N) is 2. The number of phenols is 1. The molecule has 0 saturated carbocycles. The number of phenolic OH excluding ortho intramolecular Hbond substituents is 1. The number of rotatable bonds is 2. The van der Waals surface area contributed by atoms with E-state index in [1.807, 2.05) is 24.3 Å². The van der Waals surface area contributed by atoms with Crippen molar-refractivity contribution >= 4 is 22.6 Å². The summed E-state index contributed by atoms with van der Waals surface area (Å²) in [5, 5.41) is 13.2. The Morgan fingerprint density at radius 1 is 0.895 bits per heavy atom. The second kappa shape index (κ2) is 5.00. The molecular formula is C14H9IN2O2. The molecule has 0 amide bonds. The molecule has 5 heteroatoms. The van der Waals surface area contributed by atoms with E-state index in [4.69, 9.17) is 4.52 Å². The summed E-state index contributed by atoms with van der Waals surface area (Å²) in [5.74, 6) is 1.21. The summed E-state index contributed by atoms with van der Waals surface area (Å²) >= 11 is 2.24. The third-order valence-electron chi connectivity index (χ3n) is 2.64. The zero-order valence-corrected chi connectivity index (χ0v) is 11.9. The number of benzene rings is 2. The van der Waals surface area contributed by atoms with Gasteiger partial charge in [0.2, 0.25) is 5.82 Å². The van der Waals surface area contributed by atoms with E-state index in [9.17, 15) is 5.11 Å². The van der Waals surface area contributed by atoms with Crippen molar-refractivity contribution in [2.45, 2.75) is 0 Å². The summed E-state index contributed by atoms with van der Waals surface area (Å²) in [6, 6.07) is 14.5. The summed E-state index contributed by atoms with van der Waals surface area (Å²) in [6.45, 7) is 0. The lowest BCUT2D eigenvalue weighted by molar-refractivity contribution is 0.432. The number of halogens is 1. The van der Waals surface area contributed by atoms with Crippen molar-refractivity contribution in [3.63, 3.8) is 0 Å². The molecule has 0 bridgehead atoms. The molecule has 1 heterocycles. The van der Waals surface area contributed by atoms with Crippen LogP contribution in [0.4, 0.5) is 0 Å². The molecule has 0 fully saturated rings. The summed E-state index contributed by atoms with van der Waals surface area (Å²) < 4.78 is 6.40. The second-order valence-electron chi connectivity index (χ2n) is 3.98. The van der Waals surface area contributed by atoms with Crippen LogP contribution in [0.1, 0.15) is 0 Å². The van der Waals surface area contributed by atoms with Gasteiger partial charge in [-0.1, -0.05) is 5.16 Å². The summed E-state index contributed by atoms with van der Waals surface area (Å²) in [5.41, 5.74) is 1.69. The van der Waals surface area contributed by atoms with Crippen LogP contribution in [0.3, 0.4) is 0 Å². The minimum Gasteiger partial charge on any atom is -0.508 e. The van der Waals surface area contributed by atoms with Crippen LogP contribution in [0, 0.1) is 3.57 Å². The van der Waals surface area contributed by atoms with Crippen molar-refractivity contribution in [1.29, 1.82) is 0 Å². The molecule has 0 radical (unpaired) electrons. The summed E-state index contributed by atoms with van der Waals surface area (Å²) in [6.07, 6.45) is 0. The van der Waals surface area contributed by atoms with Gasteiger partial charge in [0.1, 0.15) is 5.75 Å². The highest BCUT2D eigenvalue weighted by Gasteiger charge is 2.10. The molecule has 19 heavy (non-hydrogen) atoms. The topological polar surface area (TPSA) is 59.2 Å². The maximum absolute atomic E-state index is 9.25. The fourth-order valence-electron chi connectivity index (χ4n) is 1.66. The maximum Gasteiger partial charge on any atom is 0.258 e. The standard InChI is InChI=1S/C14H9IN2O2/c15-11-5-1-10(2-6-11)14-16-13(17-19-14)9-3-7-12(18)8-4-9/h1-8,18H. The van der Waals surface area contributed by atoms with E-state index in [0.29, 0.717) is 11.7 Å². The molecule has 0 aliphatic carbocycles. The Morgan fingerprint density at radius 3 is 2.21 bits per heavy atom. The molecule has 2 aromatic carbocycles. The van der Waals surface area contributed by atoms with Crippen LogP contribution in [0.5, 0.6) is 5.75 Å². The van der Waals surface area contributed by atoms with Crippen molar-refractivity contribution in [2.24, 2.45) is 0 Å². The predicted molar refractivity (Wildman–Crippen MR) is 79.6 cm³/mol. The number of hydrogen-bond acceptors (Lipinski definition) is 4. The van der Waals surface area contributed by atoms with Gasteiger partial charge in [-0.3, -0.25) is 0 Å². The first-order valence-corrected chi connectivity index (χ1v) is 6.69. The molecule has 4 nitrogen and oxygen atoms in total. The molecule has 0 spiro atoms. The first-order chi connectivity index (χ1) is 9.22. The van der Waals surface area contributed by atoms with E-state index in [1.54, 1.807) is 24.3 Å². The number of hydrogen-bond donors (Lipinski definition) is 1. The average Bonchev–Trinajstić information content (AvgIpc) is 2.90. The van der Waals surface area contributed by atoms with Gasteiger partial charge < -0.3 is 9.63 Å². The van der Waals surface area contributed by atoms with Gasteiger partial charge in [0.05, 0.1) is 0 Å². The fraction of sp³-hybridized carbons (Fsp3) is 0. The Hall–Kier alpha value is -1.89. The van der Waals surface area contributed by atoms with Crippen LogP contribution in [-0.2, 0) is 0 Å². The second-order valence-corrected chi connectivity index (χ2v) is 5.22. The first kappa shape index (κ1) is 12.2. The lowest BCUT2D eigenvalue weighted by atomic mass is 10.2. The molecule has 3 rings (SSSR count). The Kier molecular flexibility index (Phi) is 3.20.